The molecule has 0 aliphatic rings. The third-order valence-electron chi connectivity index (χ3n) is 3.62. The first-order chi connectivity index (χ1) is 13.2. The van der Waals surface area contributed by atoms with Gasteiger partial charge >= 0.3 is 0 Å². The van der Waals surface area contributed by atoms with Gasteiger partial charge in [0.15, 0.2) is 16.6 Å². The van der Waals surface area contributed by atoms with E-state index in [1.54, 1.807) is 20.4 Å². The van der Waals surface area contributed by atoms with Crippen LogP contribution in [0.5, 0.6) is 17.2 Å². The largest absolute Gasteiger partial charge is 0.493 e. The summed E-state index contributed by atoms with van der Waals surface area (Å²) in [7, 11) is 3.18. The van der Waals surface area contributed by atoms with E-state index in [0.29, 0.717) is 29.0 Å². The highest BCUT2D eigenvalue weighted by atomic mass is 32.1. The summed E-state index contributed by atoms with van der Waals surface area (Å²) < 4.78 is 16.9. The SMILES string of the molecule is CCCNC(=S)N/N=C\c1cc(OC)c(OCc2ccccc2)c(OC)c1. The van der Waals surface area contributed by atoms with Crippen LogP contribution in [0.25, 0.3) is 0 Å². The molecule has 2 rings (SSSR count). The molecule has 0 bridgehead atoms. The van der Waals surface area contributed by atoms with Gasteiger partial charge in [-0.3, -0.25) is 5.43 Å². The topological polar surface area (TPSA) is 64.1 Å². The first-order valence-corrected chi connectivity index (χ1v) is 9.08. The van der Waals surface area contributed by atoms with Gasteiger partial charge in [-0.05, 0) is 36.3 Å². The van der Waals surface area contributed by atoms with Crippen LogP contribution in [0.3, 0.4) is 0 Å². The Morgan fingerprint density at radius 1 is 1.11 bits per heavy atom. The number of nitrogens with zero attached hydrogens (tertiary/aromatic N) is 1. The first kappa shape index (κ1) is 20.5. The predicted octanol–water partition coefficient (Wildman–Crippen LogP) is 3.49. The van der Waals surface area contributed by atoms with Crippen LogP contribution in [0, 0.1) is 0 Å². The minimum Gasteiger partial charge on any atom is -0.493 e. The number of rotatable bonds is 9. The molecule has 0 fully saturated rings. The minimum absolute atomic E-state index is 0.417. The van der Waals surface area contributed by atoms with E-state index in [1.165, 1.54) is 0 Å². The Bertz CT molecular complexity index is 741. The fraction of sp³-hybridized carbons (Fsp3) is 0.300. The fourth-order valence-electron chi connectivity index (χ4n) is 2.29. The lowest BCUT2D eigenvalue weighted by molar-refractivity contribution is 0.266. The van der Waals surface area contributed by atoms with E-state index in [-0.39, 0.29) is 0 Å². The normalized spacial score (nSPS) is 10.5. The monoisotopic (exact) mass is 387 g/mol. The van der Waals surface area contributed by atoms with Gasteiger partial charge in [-0.15, -0.1) is 0 Å². The van der Waals surface area contributed by atoms with Gasteiger partial charge < -0.3 is 19.5 Å². The maximum absolute atomic E-state index is 5.94. The van der Waals surface area contributed by atoms with Gasteiger partial charge in [0.25, 0.3) is 0 Å². The number of benzene rings is 2. The number of hydrogen-bond donors (Lipinski definition) is 2. The Balaban J connectivity index is 2.11. The molecule has 2 aromatic rings. The molecule has 0 saturated carbocycles. The molecular formula is C20H25N3O3S. The highest BCUT2D eigenvalue weighted by molar-refractivity contribution is 7.80. The van der Waals surface area contributed by atoms with Crippen molar-refractivity contribution >= 4 is 23.5 Å². The van der Waals surface area contributed by atoms with Crippen LogP contribution in [-0.2, 0) is 6.61 Å². The van der Waals surface area contributed by atoms with Gasteiger partial charge in [0.1, 0.15) is 6.61 Å². The molecule has 7 heteroatoms. The molecule has 0 radical (unpaired) electrons. The van der Waals surface area contributed by atoms with Gasteiger partial charge in [0, 0.05) is 12.1 Å². The Labute approximate surface area is 165 Å². The Morgan fingerprint density at radius 3 is 2.37 bits per heavy atom. The number of hydrazone groups is 1. The van der Waals surface area contributed by atoms with Crippen molar-refractivity contribution in [1.82, 2.24) is 10.7 Å². The van der Waals surface area contributed by atoms with Crippen molar-refractivity contribution < 1.29 is 14.2 Å². The highest BCUT2D eigenvalue weighted by Gasteiger charge is 2.14. The molecule has 0 unspecified atom stereocenters. The van der Waals surface area contributed by atoms with E-state index in [2.05, 4.69) is 22.8 Å². The Kier molecular flexibility index (Phi) is 8.38. The summed E-state index contributed by atoms with van der Waals surface area (Å²) in [6.45, 7) is 3.29. The number of nitrogens with one attached hydrogen (secondary N) is 2. The molecule has 0 aliphatic heterocycles. The molecule has 2 aromatic carbocycles. The van der Waals surface area contributed by atoms with Crippen molar-refractivity contribution in [2.24, 2.45) is 5.10 Å². The molecule has 2 N–H and O–H groups in total. The number of thiocarbonyl (C=S) groups is 1. The maximum Gasteiger partial charge on any atom is 0.203 e. The number of methoxy groups -OCH3 is 2. The van der Waals surface area contributed by atoms with E-state index in [9.17, 15) is 0 Å². The zero-order valence-electron chi connectivity index (χ0n) is 15.8. The summed E-state index contributed by atoms with van der Waals surface area (Å²) in [5, 5.41) is 7.66. The van der Waals surface area contributed by atoms with Gasteiger partial charge in [-0.2, -0.15) is 5.10 Å². The van der Waals surface area contributed by atoms with Crippen molar-refractivity contribution in [3.05, 3.63) is 53.6 Å². The molecule has 0 heterocycles. The van der Waals surface area contributed by atoms with Gasteiger partial charge in [-0.1, -0.05) is 37.3 Å². The molecule has 27 heavy (non-hydrogen) atoms. The molecule has 0 amide bonds. The van der Waals surface area contributed by atoms with Crippen LogP contribution >= 0.6 is 12.2 Å². The molecule has 144 valence electrons. The molecule has 0 spiro atoms. The van der Waals surface area contributed by atoms with E-state index in [4.69, 9.17) is 26.4 Å². The van der Waals surface area contributed by atoms with Crippen LogP contribution < -0.4 is 25.0 Å². The highest BCUT2D eigenvalue weighted by Crippen LogP contribution is 2.38. The lowest BCUT2D eigenvalue weighted by atomic mass is 10.2. The minimum atomic E-state index is 0.417. The summed E-state index contributed by atoms with van der Waals surface area (Å²) in [4.78, 5) is 0. The van der Waals surface area contributed by atoms with Crippen LogP contribution in [-0.4, -0.2) is 32.1 Å². The van der Waals surface area contributed by atoms with Crippen LogP contribution in [0.1, 0.15) is 24.5 Å². The van der Waals surface area contributed by atoms with Crippen molar-refractivity contribution in [3.63, 3.8) is 0 Å². The molecule has 6 nitrogen and oxygen atoms in total. The molecular weight excluding hydrogens is 362 g/mol. The quantitative estimate of drug-likeness (QED) is 0.390. The number of hydrogen-bond acceptors (Lipinski definition) is 5. The van der Waals surface area contributed by atoms with Gasteiger partial charge in [0.05, 0.1) is 20.4 Å². The third kappa shape index (κ3) is 6.45. The van der Waals surface area contributed by atoms with Crippen molar-refractivity contribution in [2.75, 3.05) is 20.8 Å². The zero-order chi connectivity index (χ0) is 19.5. The van der Waals surface area contributed by atoms with Crippen molar-refractivity contribution in [2.45, 2.75) is 20.0 Å². The van der Waals surface area contributed by atoms with E-state index in [1.807, 2.05) is 42.5 Å². The zero-order valence-corrected chi connectivity index (χ0v) is 16.6. The summed E-state index contributed by atoms with van der Waals surface area (Å²) in [6, 6.07) is 13.6. The second kappa shape index (κ2) is 11.0. The smallest absolute Gasteiger partial charge is 0.203 e. The van der Waals surface area contributed by atoms with Crippen LogP contribution in [0.4, 0.5) is 0 Å². The number of ether oxygens (including phenoxy) is 3. The summed E-state index contributed by atoms with van der Waals surface area (Å²) in [5.74, 6) is 1.69. The van der Waals surface area contributed by atoms with Crippen LogP contribution in [0.2, 0.25) is 0 Å². The lowest BCUT2D eigenvalue weighted by Gasteiger charge is -2.15. The maximum atomic E-state index is 5.94. The lowest BCUT2D eigenvalue weighted by Crippen LogP contribution is -2.32. The average molecular weight is 388 g/mol. The summed E-state index contributed by atoms with van der Waals surface area (Å²) >= 11 is 5.13. The third-order valence-corrected chi connectivity index (χ3v) is 3.86. The summed E-state index contributed by atoms with van der Waals surface area (Å²) in [5.41, 5.74) is 4.63. The predicted molar refractivity (Wildman–Crippen MR) is 112 cm³/mol. The fourth-order valence-corrected chi connectivity index (χ4v) is 2.44. The second-order valence-electron chi connectivity index (χ2n) is 5.65. The average Bonchev–Trinajstić information content (AvgIpc) is 2.71. The van der Waals surface area contributed by atoms with Gasteiger partial charge in [0.2, 0.25) is 5.75 Å². The first-order valence-electron chi connectivity index (χ1n) is 8.67. The van der Waals surface area contributed by atoms with Crippen molar-refractivity contribution in [3.8, 4) is 17.2 Å². The molecule has 0 aromatic heterocycles. The van der Waals surface area contributed by atoms with E-state index >= 15 is 0 Å². The Morgan fingerprint density at radius 2 is 1.78 bits per heavy atom. The molecule has 0 saturated heterocycles. The summed E-state index contributed by atoms with van der Waals surface area (Å²) in [6.07, 6.45) is 2.64. The molecule has 0 atom stereocenters. The van der Waals surface area contributed by atoms with Crippen LogP contribution in [0.15, 0.2) is 47.6 Å². The standard InChI is InChI=1S/C20H25N3O3S/c1-4-10-21-20(27)23-22-13-16-11-17(24-2)19(18(12-16)25-3)26-14-15-8-6-5-7-9-15/h5-9,11-13H,4,10,14H2,1-3H3,(H2,21,23,27)/b22-13-. The van der Waals surface area contributed by atoms with E-state index in [0.717, 1.165) is 24.1 Å². The van der Waals surface area contributed by atoms with Gasteiger partial charge in [-0.25, -0.2) is 0 Å². The second-order valence-corrected chi connectivity index (χ2v) is 6.06. The molecule has 0 aliphatic carbocycles. The van der Waals surface area contributed by atoms with Crippen molar-refractivity contribution in [1.29, 1.82) is 0 Å². The van der Waals surface area contributed by atoms with E-state index < -0.39 is 0 Å². The Hall–Kier alpha value is -2.80.